The van der Waals surface area contributed by atoms with Gasteiger partial charge in [-0.3, -0.25) is 4.90 Å². The first kappa shape index (κ1) is 15.7. The van der Waals surface area contributed by atoms with Gasteiger partial charge in [0.25, 0.3) is 0 Å². The van der Waals surface area contributed by atoms with E-state index >= 15 is 0 Å². The minimum Gasteiger partial charge on any atom is -0.304 e. The molecule has 126 valence electrons. The minimum absolute atomic E-state index is 0.173. The Morgan fingerprint density at radius 1 is 0.833 bits per heavy atom. The largest absolute Gasteiger partial charge is 0.304 e. The van der Waals surface area contributed by atoms with Crippen LogP contribution in [0.3, 0.4) is 0 Å². The second kappa shape index (κ2) is 6.26. The summed E-state index contributed by atoms with van der Waals surface area (Å²) < 4.78 is 27.1. The van der Waals surface area contributed by atoms with Gasteiger partial charge >= 0.3 is 0 Å². The van der Waals surface area contributed by atoms with Crippen molar-refractivity contribution < 1.29 is 8.78 Å². The van der Waals surface area contributed by atoms with Gasteiger partial charge in [-0.2, -0.15) is 0 Å². The molecule has 2 aliphatic rings. The molecule has 2 nitrogen and oxygen atoms in total. The zero-order valence-electron chi connectivity index (χ0n) is 13.9. The van der Waals surface area contributed by atoms with Gasteiger partial charge in [0.2, 0.25) is 0 Å². The molecule has 1 aliphatic heterocycles. The van der Waals surface area contributed by atoms with E-state index < -0.39 is 0 Å². The molecule has 1 heterocycles. The predicted octanol–water partition coefficient (Wildman–Crippen LogP) is 3.79. The Morgan fingerprint density at radius 3 is 2.21 bits per heavy atom. The molecule has 0 bridgehead atoms. The third-order valence-corrected chi connectivity index (χ3v) is 5.49. The Balaban J connectivity index is 1.68. The number of piperazine rings is 1. The van der Waals surface area contributed by atoms with Crippen molar-refractivity contribution in [3.63, 3.8) is 0 Å². The zero-order chi connectivity index (χ0) is 16.7. The Morgan fingerprint density at radius 2 is 1.50 bits per heavy atom. The summed E-state index contributed by atoms with van der Waals surface area (Å²) in [7, 11) is 2.14. The van der Waals surface area contributed by atoms with Gasteiger partial charge in [-0.25, -0.2) is 8.78 Å². The summed E-state index contributed by atoms with van der Waals surface area (Å²) in [6.07, 6.45) is 0.939. The third-order valence-electron chi connectivity index (χ3n) is 5.49. The van der Waals surface area contributed by atoms with Gasteiger partial charge in [0.15, 0.2) is 0 Å². The number of likely N-dealkylation sites (N-methyl/N-ethyl adjacent to an activating group) is 1. The molecule has 0 spiro atoms. The van der Waals surface area contributed by atoms with Crippen molar-refractivity contribution in [2.45, 2.75) is 18.4 Å². The zero-order valence-corrected chi connectivity index (χ0v) is 13.9. The lowest BCUT2D eigenvalue weighted by Crippen LogP contribution is -2.45. The molecule has 1 unspecified atom stereocenters. The predicted molar refractivity (Wildman–Crippen MR) is 91.1 cm³/mol. The van der Waals surface area contributed by atoms with E-state index in [0.717, 1.165) is 43.7 Å². The van der Waals surface area contributed by atoms with Crippen molar-refractivity contribution in [2.75, 3.05) is 33.2 Å². The lowest BCUT2D eigenvalue weighted by molar-refractivity contribution is 0.110. The minimum atomic E-state index is -0.216. The van der Waals surface area contributed by atoms with Crippen LogP contribution in [0.4, 0.5) is 8.78 Å². The van der Waals surface area contributed by atoms with Gasteiger partial charge < -0.3 is 4.90 Å². The maximum Gasteiger partial charge on any atom is 0.123 e. The molecular weight excluding hydrogens is 306 g/mol. The van der Waals surface area contributed by atoms with E-state index in [1.54, 1.807) is 12.1 Å². The van der Waals surface area contributed by atoms with E-state index in [0.29, 0.717) is 0 Å². The van der Waals surface area contributed by atoms with Crippen LogP contribution in [0.1, 0.15) is 35.1 Å². The summed E-state index contributed by atoms with van der Waals surface area (Å²) >= 11 is 0. The highest BCUT2D eigenvalue weighted by molar-refractivity contribution is 5.44. The van der Waals surface area contributed by atoms with E-state index in [-0.39, 0.29) is 23.6 Å². The molecule has 4 heteroatoms. The summed E-state index contributed by atoms with van der Waals surface area (Å²) in [6, 6.07) is 12.2. The van der Waals surface area contributed by atoms with Gasteiger partial charge in [-0.15, -0.1) is 0 Å². The molecule has 1 saturated heterocycles. The second-order valence-corrected chi connectivity index (χ2v) is 6.97. The third kappa shape index (κ3) is 2.85. The quantitative estimate of drug-likeness (QED) is 0.828. The van der Waals surface area contributed by atoms with Crippen molar-refractivity contribution in [1.29, 1.82) is 0 Å². The highest BCUT2D eigenvalue weighted by Crippen LogP contribution is 2.47. The summed E-state index contributed by atoms with van der Waals surface area (Å²) in [6.45, 7) is 4.10. The van der Waals surface area contributed by atoms with Crippen LogP contribution < -0.4 is 0 Å². The van der Waals surface area contributed by atoms with Crippen LogP contribution in [0.25, 0.3) is 0 Å². The molecule has 0 N–H and O–H groups in total. The summed E-state index contributed by atoms with van der Waals surface area (Å²) in [5, 5.41) is 0. The van der Waals surface area contributed by atoms with Crippen LogP contribution in [0.5, 0.6) is 0 Å². The second-order valence-electron chi connectivity index (χ2n) is 6.97. The Hall–Kier alpha value is -1.78. The number of rotatable bonds is 2. The van der Waals surface area contributed by atoms with E-state index in [9.17, 15) is 8.78 Å². The Labute approximate surface area is 141 Å². The molecule has 2 atom stereocenters. The van der Waals surface area contributed by atoms with Crippen molar-refractivity contribution in [3.8, 4) is 0 Å². The van der Waals surface area contributed by atoms with Crippen LogP contribution in [0.15, 0.2) is 42.5 Å². The van der Waals surface area contributed by atoms with Crippen LogP contribution >= 0.6 is 0 Å². The highest BCUT2D eigenvalue weighted by Gasteiger charge is 2.36. The van der Waals surface area contributed by atoms with Crippen molar-refractivity contribution in [2.24, 2.45) is 0 Å². The molecule has 0 amide bonds. The average Bonchev–Trinajstić information content (AvgIpc) is 2.95. The molecule has 1 fully saturated rings. The maximum atomic E-state index is 13.9. The normalized spacial score (nSPS) is 25.0. The van der Waals surface area contributed by atoms with E-state index in [2.05, 4.69) is 16.8 Å². The first-order valence-corrected chi connectivity index (χ1v) is 8.59. The van der Waals surface area contributed by atoms with Crippen molar-refractivity contribution in [3.05, 3.63) is 70.8 Å². The first-order valence-electron chi connectivity index (χ1n) is 8.59. The molecule has 0 saturated carbocycles. The fourth-order valence-corrected chi connectivity index (χ4v) is 4.12. The number of halogens is 2. The van der Waals surface area contributed by atoms with E-state index in [1.807, 2.05) is 18.2 Å². The van der Waals surface area contributed by atoms with E-state index in [1.165, 1.54) is 17.7 Å². The molecule has 2 aromatic rings. The number of benzene rings is 2. The maximum absolute atomic E-state index is 13.9. The number of fused-ring (bicyclic) bond motifs is 1. The lowest BCUT2D eigenvalue weighted by Gasteiger charge is -2.37. The molecule has 24 heavy (non-hydrogen) atoms. The molecule has 2 aromatic carbocycles. The van der Waals surface area contributed by atoms with Crippen molar-refractivity contribution >= 4 is 0 Å². The highest BCUT2D eigenvalue weighted by atomic mass is 19.1. The van der Waals surface area contributed by atoms with Crippen LogP contribution in [0.2, 0.25) is 0 Å². The number of nitrogens with zero attached hydrogens (tertiary/aromatic N) is 2. The topological polar surface area (TPSA) is 6.48 Å². The lowest BCUT2D eigenvalue weighted by atomic mass is 9.93. The first-order chi connectivity index (χ1) is 11.6. The van der Waals surface area contributed by atoms with Gasteiger partial charge in [-0.1, -0.05) is 18.2 Å². The Kier molecular flexibility index (Phi) is 4.10. The van der Waals surface area contributed by atoms with Gasteiger partial charge in [-0.05, 0) is 54.4 Å². The summed E-state index contributed by atoms with van der Waals surface area (Å²) in [4.78, 5) is 4.80. The van der Waals surface area contributed by atoms with Crippen LogP contribution in [-0.2, 0) is 0 Å². The number of hydrogen-bond acceptors (Lipinski definition) is 2. The van der Waals surface area contributed by atoms with Crippen LogP contribution in [-0.4, -0.2) is 43.0 Å². The standard InChI is InChI=1S/C20H22F2N2/c1-23-8-10-24(11-9-23)20-13-18(14-2-4-15(21)5-3-14)17-7-6-16(22)12-19(17)20/h2-7,12,18,20H,8-11,13H2,1H3/t18?,20-/m1/s1. The molecule has 1 aliphatic carbocycles. The Bertz CT molecular complexity index is 721. The molecule has 4 rings (SSSR count). The van der Waals surface area contributed by atoms with Gasteiger partial charge in [0.1, 0.15) is 11.6 Å². The monoisotopic (exact) mass is 328 g/mol. The van der Waals surface area contributed by atoms with Gasteiger partial charge in [0, 0.05) is 38.1 Å². The fraction of sp³-hybridized carbons (Fsp3) is 0.400. The molecule has 0 aromatic heterocycles. The average molecular weight is 328 g/mol. The van der Waals surface area contributed by atoms with E-state index in [4.69, 9.17) is 0 Å². The van der Waals surface area contributed by atoms with Gasteiger partial charge in [0.05, 0.1) is 0 Å². The van der Waals surface area contributed by atoms with Crippen LogP contribution in [0, 0.1) is 11.6 Å². The summed E-state index contributed by atoms with van der Waals surface area (Å²) in [5.41, 5.74) is 3.40. The SMILES string of the molecule is CN1CCN([C@@H]2CC(c3ccc(F)cc3)c3ccc(F)cc32)CC1. The fourth-order valence-electron chi connectivity index (χ4n) is 4.12. The number of hydrogen-bond donors (Lipinski definition) is 0. The smallest absolute Gasteiger partial charge is 0.123 e. The molecule has 0 radical (unpaired) electrons. The molecular formula is C20H22F2N2. The summed E-state index contributed by atoms with van der Waals surface area (Å²) in [5.74, 6) is -0.176. The van der Waals surface area contributed by atoms with Crippen molar-refractivity contribution in [1.82, 2.24) is 9.80 Å².